The highest BCUT2D eigenvalue weighted by Crippen LogP contribution is 2.37. The van der Waals surface area contributed by atoms with Gasteiger partial charge in [-0.25, -0.2) is 4.79 Å². The summed E-state index contributed by atoms with van der Waals surface area (Å²) in [5.41, 5.74) is 0.317. The number of piperidine rings is 1. The average molecular weight is 256 g/mol. The third-order valence-electron chi connectivity index (χ3n) is 4.20. The molecule has 0 unspecified atom stereocenters. The first-order chi connectivity index (χ1) is 8.35. The molecule has 1 aliphatic heterocycles. The molecular weight excluding hydrogens is 232 g/mol. The molecule has 0 aromatic carbocycles. The van der Waals surface area contributed by atoms with Crippen LogP contribution < -0.4 is 5.32 Å². The number of carbonyl (C=O) groups excluding carboxylic acids is 1. The average Bonchev–Trinajstić information content (AvgIpc) is 2.29. The maximum absolute atomic E-state index is 11.8. The number of carboxylic acid groups (broad SMARTS) is 1. The Balaban J connectivity index is 2.34. The van der Waals surface area contributed by atoms with E-state index in [1.165, 1.54) is 0 Å². The van der Waals surface area contributed by atoms with Crippen molar-refractivity contribution in [2.24, 2.45) is 11.3 Å². The van der Waals surface area contributed by atoms with Crippen molar-refractivity contribution in [3.8, 4) is 0 Å². The number of hydrogen-bond acceptors (Lipinski definition) is 2. The molecule has 0 aliphatic carbocycles. The molecular formula is C13H24N2O3. The van der Waals surface area contributed by atoms with Crippen LogP contribution in [0.1, 0.15) is 40.0 Å². The van der Waals surface area contributed by atoms with Gasteiger partial charge in [-0.1, -0.05) is 20.8 Å². The molecule has 0 aromatic heterocycles. The summed E-state index contributed by atoms with van der Waals surface area (Å²) in [4.78, 5) is 23.9. The fourth-order valence-electron chi connectivity index (χ4n) is 2.19. The molecule has 0 saturated carbocycles. The monoisotopic (exact) mass is 256 g/mol. The van der Waals surface area contributed by atoms with Crippen LogP contribution in [0.4, 0.5) is 4.79 Å². The van der Waals surface area contributed by atoms with Gasteiger partial charge >= 0.3 is 12.0 Å². The molecule has 1 heterocycles. The first-order valence-corrected chi connectivity index (χ1v) is 6.60. The lowest BCUT2D eigenvalue weighted by Gasteiger charge is -2.42. The second kappa shape index (κ2) is 6.07. The predicted octanol–water partition coefficient (Wildman–Crippen LogP) is 1.93. The predicted molar refractivity (Wildman–Crippen MR) is 69.4 cm³/mol. The summed E-state index contributed by atoms with van der Waals surface area (Å²) < 4.78 is 0. The SMILES string of the molecule is CC(C)C1(C)CCN(C(=O)NCCC(=O)O)CC1. The summed E-state index contributed by atoms with van der Waals surface area (Å²) in [5, 5.41) is 11.1. The molecule has 0 radical (unpaired) electrons. The molecule has 2 amide bonds. The Bertz CT molecular complexity index is 307. The smallest absolute Gasteiger partial charge is 0.317 e. The summed E-state index contributed by atoms with van der Waals surface area (Å²) in [6.07, 6.45) is 2.00. The highest BCUT2D eigenvalue weighted by Gasteiger charge is 2.34. The van der Waals surface area contributed by atoms with Gasteiger partial charge in [-0.2, -0.15) is 0 Å². The molecule has 0 bridgehead atoms. The third-order valence-corrected chi connectivity index (χ3v) is 4.20. The zero-order chi connectivity index (χ0) is 13.8. The molecule has 1 rings (SSSR count). The van der Waals surface area contributed by atoms with Crippen LogP contribution in [-0.2, 0) is 4.79 Å². The van der Waals surface area contributed by atoms with Crippen LogP contribution in [0.25, 0.3) is 0 Å². The molecule has 2 N–H and O–H groups in total. The minimum atomic E-state index is -0.888. The zero-order valence-electron chi connectivity index (χ0n) is 11.5. The summed E-state index contributed by atoms with van der Waals surface area (Å²) in [6, 6.07) is -0.137. The molecule has 1 aliphatic rings. The van der Waals surface area contributed by atoms with Crippen molar-refractivity contribution in [1.29, 1.82) is 0 Å². The number of carbonyl (C=O) groups is 2. The van der Waals surface area contributed by atoms with E-state index < -0.39 is 5.97 Å². The number of amides is 2. The van der Waals surface area contributed by atoms with Crippen molar-refractivity contribution >= 4 is 12.0 Å². The Kier molecular flexibility index (Phi) is 4.99. The van der Waals surface area contributed by atoms with Gasteiger partial charge in [0, 0.05) is 19.6 Å². The normalized spacial score (nSPS) is 18.8. The lowest BCUT2D eigenvalue weighted by molar-refractivity contribution is -0.136. The highest BCUT2D eigenvalue weighted by atomic mass is 16.4. The summed E-state index contributed by atoms with van der Waals surface area (Å²) >= 11 is 0. The van der Waals surface area contributed by atoms with Gasteiger partial charge in [0.2, 0.25) is 0 Å². The van der Waals surface area contributed by atoms with Gasteiger partial charge in [0.05, 0.1) is 6.42 Å². The van der Waals surface area contributed by atoms with Gasteiger partial charge in [0.1, 0.15) is 0 Å². The van der Waals surface area contributed by atoms with E-state index in [1.807, 2.05) is 0 Å². The van der Waals surface area contributed by atoms with Crippen LogP contribution in [0.15, 0.2) is 0 Å². The second-order valence-electron chi connectivity index (χ2n) is 5.67. The Labute approximate surface area is 109 Å². The Morgan fingerprint density at radius 1 is 1.33 bits per heavy atom. The van der Waals surface area contributed by atoms with Crippen LogP contribution >= 0.6 is 0 Å². The number of carboxylic acids is 1. The van der Waals surface area contributed by atoms with Crippen LogP contribution in [0.3, 0.4) is 0 Å². The summed E-state index contributed by atoms with van der Waals surface area (Å²) in [6.45, 7) is 8.44. The van der Waals surface area contributed by atoms with Crippen molar-refractivity contribution in [3.05, 3.63) is 0 Å². The minimum absolute atomic E-state index is 0.0245. The fourth-order valence-corrected chi connectivity index (χ4v) is 2.19. The Morgan fingerprint density at radius 3 is 2.33 bits per heavy atom. The number of rotatable bonds is 4. The highest BCUT2D eigenvalue weighted by molar-refractivity contribution is 5.75. The lowest BCUT2D eigenvalue weighted by Crippen LogP contribution is -2.48. The molecule has 18 heavy (non-hydrogen) atoms. The molecule has 1 fully saturated rings. The number of hydrogen-bond donors (Lipinski definition) is 2. The molecule has 1 saturated heterocycles. The van der Waals surface area contributed by atoms with E-state index >= 15 is 0 Å². The van der Waals surface area contributed by atoms with Crippen LogP contribution in [0.5, 0.6) is 0 Å². The summed E-state index contributed by atoms with van der Waals surface area (Å²) in [7, 11) is 0. The molecule has 0 atom stereocenters. The maximum atomic E-state index is 11.8. The molecule has 0 aromatic rings. The minimum Gasteiger partial charge on any atom is -0.481 e. The fraction of sp³-hybridized carbons (Fsp3) is 0.846. The lowest BCUT2D eigenvalue weighted by atomic mass is 9.72. The number of urea groups is 1. The van der Waals surface area contributed by atoms with Crippen LogP contribution in [0.2, 0.25) is 0 Å². The second-order valence-corrected chi connectivity index (χ2v) is 5.67. The third kappa shape index (κ3) is 3.89. The zero-order valence-corrected chi connectivity index (χ0v) is 11.5. The van der Waals surface area contributed by atoms with E-state index in [2.05, 4.69) is 26.1 Å². The van der Waals surface area contributed by atoms with Crippen LogP contribution in [-0.4, -0.2) is 41.6 Å². The van der Waals surface area contributed by atoms with Crippen LogP contribution in [0, 0.1) is 11.3 Å². The maximum Gasteiger partial charge on any atom is 0.317 e. The van der Waals surface area contributed by atoms with Gasteiger partial charge in [-0.3, -0.25) is 4.79 Å². The van der Waals surface area contributed by atoms with Gasteiger partial charge in [0.25, 0.3) is 0 Å². The van der Waals surface area contributed by atoms with Crippen molar-refractivity contribution in [3.63, 3.8) is 0 Å². The quantitative estimate of drug-likeness (QED) is 0.807. The number of nitrogens with zero attached hydrogens (tertiary/aromatic N) is 1. The molecule has 5 nitrogen and oxygen atoms in total. The standard InChI is InChI=1S/C13H24N2O3/c1-10(2)13(3)5-8-15(9-6-13)12(18)14-7-4-11(16)17/h10H,4-9H2,1-3H3,(H,14,18)(H,16,17). The van der Waals surface area contributed by atoms with Gasteiger partial charge in [-0.15, -0.1) is 0 Å². The first-order valence-electron chi connectivity index (χ1n) is 6.60. The van der Waals surface area contributed by atoms with E-state index in [1.54, 1.807) is 4.90 Å². The van der Waals surface area contributed by atoms with E-state index in [0.717, 1.165) is 25.9 Å². The summed E-state index contributed by atoms with van der Waals surface area (Å²) in [5.74, 6) is -0.268. The van der Waals surface area contributed by atoms with Gasteiger partial charge in [0.15, 0.2) is 0 Å². The van der Waals surface area contributed by atoms with E-state index in [9.17, 15) is 9.59 Å². The van der Waals surface area contributed by atoms with Crippen molar-refractivity contribution in [2.75, 3.05) is 19.6 Å². The van der Waals surface area contributed by atoms with Gasteiger partial charge in [-0.05, 0) is 24.2 Å². The first kappa shape index (κ1) is 14.8. The topological polar surface area (TPSA) is 69.6 Å². The molecule has 104 valence electrons. The van der Waals surface area contributed by atoms with E-state index in [4.69, 9.17) is 5.11 Å². The Morgan fingerprint density at radius 2 is 1.89 bits per heavy atom. The number of aliphatic carboxylic acids is 1. The van der Waals surface area contributed by atoms with E-state index in [0.29, 0.717) is 11.3 Å². The van der Waals surface area contributed by atoms with Crippen molar-refractivity contribution < 1.29 is 14.7 Å². The van der Waals surface area contributed by atoms with E-state index in [-0.39, 0.29) is 19.0 Å². The number of nitrogens with one attached hydrogen (secondary N) is 1. The van der Waals surface area contributed by atoms with Gasteiger partial charge < -0.3 is 15.3 Å². The molecule has 5 heteroatoms. The number of likely N-dealkylation sites (tertiary alicyclic amines) is 1. The largest absolute Gasteiger partial charge is 0.481 e. The Hall–Kier alpha value is -1.26. The van der Waals surface area contributed by atoms with Crippen molar-refractivity contribution in [2.45, 2.75) is 40.0 Å². The molecule has 0 spiro atoms. The van der Waals surface area contributed by atoms with Crippen molar-refractivity contribution in [1.82, 2.24) is 10.2 Å².